The molecule has 1 aliphatic rings. The van der Waals surface area contributed by atoms with Crippen molar-refractivity contribution in [2.24, 2.45) is 5.41 Å². The molecule has 0 aromatic heterocycles. The number of hydrogen-bond donors (Lipinski definition) is 0. The first kappa shape index (κ1) is 12.1. The highest BCUT2D eigenvalue weighted by Crippen LogP contribution is 2.34. The fourth-order valence-corrected chi connectivity index (χ4v) is 2.49. The normalized spacial score (nSPS) is 19.8. The lowest BCUT2D eigenvalue weighted by molar-refractivity contribution is 0.162. The average Bonchev–Trinajstić information content (AvgIpc) is 2.40. The molecule has 1 aromatic carbocycles. The Morgan fingerprint density at radius 2 is 1.88 bits per heavy atom. The van der Waals surface area contributed by atoms with Crippen LogP contribution in [0.5, 0.6) is 0 Å². The van der Waals surface area contributed by atoms with Crippen LogP contribution in [0, 0.1) is 16.7 Å². The molecule has 90 valence electrons. The van der Waals surface area contributed by atoms with Crippen LogP contribution in [-0.4, -0.2) is 25.0 Å². The van der Waals surface area contributed by atoms with Gasteiger partial charge in [0.1, 0.15) is 0 Å². The number of hydrogen-bond acceptors (Lipinski definition) is 2. The van der Waals surface area contributed by atoms with Gasteiger partial charge in [0.05, 0.1) is 11.5 Å². The van der Waals surface area contributed by atoms with Crippen LogP contribution in [0.15, 0.2) is 30.3 Å². The SMILES string of the molecule is CN1CCC(C#N)(CCc2ccccc2)CC1. The number of piperidine rings is 1. The number of rotatable bonds is 3. The molecule has 17 heavy (non-hydrogen) atoms. The first-order chi connectivity index (χ1) is 8.24. The van der Waals surface area contributed by atoms with Gasteiger partial charge in [0.15, 0.2) is 0 Å². The summed E-state index contributed by atoms with van der Waals surface area (Å²) in [6.07, 6.45) is 4.07. The third kappa shape index (κ3) is 3.08. The predicted octanol–water partition coefficient (Wildman–Crippen LogP) is 2.85. The van der Waals surface area contributed by atoms with E-state index in [4.69, 9.17) is 0 Å². The second kappa shape index (κ2) is 5.33. The van der Waals surface area contributed by atoms with Crippen LogP contribution in [-0.2, 0) is 6.42 Å². The van der Waals surface area contributed by atoms with Gasteiger partial charge in [-0.3, -0.25) is 0 Å². The molecule has 0 radical (unpaired) electrons. The summed E-state index contributed by atoms with van der Waals surface area (Å²) in [5.74, 6) is 0. The fourth-order valence-electron chi connectivity index (χ4n) is 2.49. The van der Waals surface area contributed by atoms with Gasteiger partial charge in [-0.25, -0.2) is 0 Å². The van der Waals surface area contributed by atoms with Gasteiger partial charge in [-0.15, -0.1) is 0 Å². The van der Waals surface area contributed by atoms with Gasteiger partial charge in [0, 0.05) is 0 Å². The third-order valence-electron chi connectivity index (χ3n) is 3.92. The van der Waals surface area contributed by atoms with E-state index in [2.05, 4.69) is 42.3 Å². The number of nitriles is 1. The van der Waals surface area contributed by atoms with Gasteiger partial charge >= 0.3 is 0 Å². The summed E-state index contributed by atoms with van der Waals surface area (Å²) in [5, 5.41) is 9.44. The average molecular weight is 228 g/mol. The van der Waals surface area contributed by atoms with Gasteiger partial charge in [-0.2, -0.15) is 5.26 Å². The molecule has 2 heteroatoms. The summed E-state index contributed by atoms with van der Waals surface area (Å²) in [5.41, 5.74) is 1.27. The van der Waals surface area contributed by atoms with Gasteiger partial charge in [0.25, 0.3) is 0 Å². The Balaban J connectivity index is 1.95. The zero-order chi connectivity index (χ0) is 12.1. The van der Waals surface area contributed by atoms with E-state index in [0.717, 1.165) is 38.8 Å². The summed E-state index contributed by atoms with van der Waals surface area (Å²) in [6.45, 7) is 2.12. The van der Waals surface area contributed by atoms with Crippen molar-refractivity contribution >= 4 is 0 Å². The molecule has 0 unspecified atom stereocenters. The van der Waals surface area contributed by atoms with E-state index in [1.54, 1.807) is 0 Å². The van der Waals surface area contributed by atoms with Gasteiger partial charge < -0.3 is 4.90 Å². The van der Waals surface area contributed by atoms with Crippen molar-refractivity contribution < 1.29 is 0 Å². The van der Waals surface area contributed by atoms with Crippen LogP contribution >= 0.6 is 0 Å². The number of aryl methyl sites for hydroxylation is 1. The van der Waals surface area contributed by atoms with E-state index in [1.807, 2.05) is 6.07 Å². The number of benzene rings is 1. The van der Waals surface area contributed by atoms with E-state index < -0.39 is 0 Å². The standard InChI is InChI=1S/C15H20N2/c1-17-11-9-15(13-16,10-12-17)8-7-14-5-3-2-4-6-14/h2-6H,7-12H2,1H3. The molecule has 1 saturated heterocycles. The van der Waals surface area contributed by atoms with Crippen LogP contribution in [0.2, 0.25) is 0 Å². The molecule has 2 nitrogen and oxygen atoms in total. The summed E-state index contributed by atoms with van der Waals surface area (Å²) >= 11 is 0. The molecule has 1 heterocycles. The van der Waals surface area contributed by atoms with Crippen molar-refractivity contribution in [3.8, 4) is 6.07 Å². The van der Waals surface area contributed by atoms with Crippen LogP contribution in [0.3, 0.4) is 0 Å². The molecule has 1 aromatic rings. The molecular formula is C15H20N2. The molecule has 0 bridgehead atoms. The molecular weight excluding hydrogens is 208 g/mol. The molecule has 1 fully saturated rings. The smallest absolute Gasteiger partial charge is 0.0690 e. The van der Waals surface area contributed by atoms with Crippen molar-refractivity contribution in [2.45, 2.75) is 25.7 Å². The van der Waals surface area contributed by atoms with Crippen LogP contribution in [0.4, 0.5) is 0 Å². The summed E-state index contributed by atoms with van der Waals surface area (Å²) in [7, 11) is 2.14. The van der Waals surface area contributed by atoms with Crippen molar-refractivity contribution in [3.63, 3.8) is 0 Å². The van der Waals surface area contributed by atoms with E-state index in [1.165, 1.54) is 5.56 Å². The van der Waals surface area contributed by atoms with Crippen LogP contribution in [0.25, 0.3) is 0 Å². The zero-order valence-corrected chi connectivity index (χ0v) is 10.5. The minimum absolute atomic E-state index is 0.0810. The van der Waals surface area contributed by atoms with Gasteiger partial charge in [-0.1, -0.05) is 30.3 Å². The Bertz CT molecular complexity index is 383. The lowest BCUT2D eigenvalue weighted by Gasteiger charge is -2.35. The van der Waals surface area contributed by atoms with Crippen LogP contribution < -0.4 is 0 Å². The molecule has 0 amide bonds. The minimum atomic E-state index is -0.0810. The first-order valence-corrected chi connectivity index (χ1v) is 6.38. The largest absolute Gasteiger partial charge is 0.306 e. The second-order valence-electron chi connectivity index (χ2n) is 5.18. The highest BCUT2D eigenvalue weighted by Gasteiger charge is 2.33. The summed E-state index contributed by atoms with van der Waals surface area (Å²) in [4.78, 5) is 2.32. The molecule has 2 rings (SSSR count). The first-order valence-electron chi connectivity index (χ1n) is 6.38. The Labute approximate surface area is 104 Å². The van der Waals surface area contributed by atoms with E-state index in [0.29, 0.717) is 0 Å². The van der Waals surface area contributed by atoms with Crippen molar-refractivity contribution in [3.05, 3.63) is 35.9 Å². The molecule has 0 N–H and O–H groups in total. The van der Waals surface area contributed by atoms with Gasteiger partial charge in [-0.05, 0) is 51.4 Å². The topological polar surface area (TPSA) is 27.0 Å². The Morgan fingerprint density at radius 1 is 1.24 bits per heavy atom. The maximum atomic E-state index is 9.44. The monoisotopic (exact) mass is 228 g/mol. The van der Waals surface area contributed by atoms with Gasteiger partial charge in [0.2, 0.25) is 0 Å². The van der Waals surface area contributed by atoms with E-state index >= 15 is 0 Å². The molecule has 0 saturated carbocycles. The molecule has 0 aliphatic carbocycles. The summed E-state index contributed by atoms with van der Waals surface area (Å²) in [6, 6.07) is 13.1. The molecule has 1 aliphatic heterocycles. The highest BCUT2D eigenvalue weighted by atomic mass is 15.1. The van der Waals surface area contributed by atoms with E-state index in [-0.39, 0.29) is 5.41 Å². The summed E-state index contributed by atoms with van der Waals surface area (Å²) < 4.78 is 0. The zero-order valence-electron chi connectivity index (χ0n) is 10.5. The number of likely N-dealkylation sites (tertiary alicyclic amines) is 1. The maximum Gasteiger partial charge on any atom is 0.0690 e. The lowest BCUT2D eigenvalue weighted by Crippen LogP contribution is -2.37. The Hall–Kier alpha value is -1.33. The minimum Gasteiger partial charge on any atom is -0.306 e. The molecule has 0 spiro atoms. The van der Waals surface area contributed by atoms with Crippen molar-refractivity contribution in [2.75, 3.05) is 20.1 Å². The Morgan fingerprint density at radius 3 is 2.47 bits per heavy atom. The van der Waals surface area contributed by atoms with E-state index in [9.17, 15) is 5.26 Å². The quantitative estimate of drug-likeness (QED) is 0.795. The molecule has 0 atom stereocenters. The maximum absolute atomic E-state index is 9.44. The predicted molar refractivity (Wildman–Crippen MR) is 69.5 cm³/mol. The Kier molecular flexibility index (Phi) is 3.81. The van der Waals surface area contributed by atoms with Crippen molar-refractivity contribution in [1.29, 1.82) is 5.26 Å². The number of nitrogens with zero attached hydrogens (tertiary/aromatic N) is 2. The second-order valence-corrected chi connectivity index (χ2v) is 5.18. The third-order valence-corrected chi connectivity index (χ3v) is 3.92. The lowest BCUT2D eigenvalue weighted by atomic mass is 9.75. The highest BCUT2D eigenvalue weighted by molar-refractivity contribution is 5.16. The fraction of sp³-hybridized carbons (Fsp3) is 0.533. The van der Waals surface area contributed by atoms with Crippen LogP contribution in [0.1, 0.15) is 24.8 Å². The van der Waals surface area contributed by atoms with Crippen molar-refractivity contribution in [1.82, 2.24) is 4.90 Å².